The molecule has 0 saturated carbocycles. The average Bonchev–Trinajstić information content (AvgIpc) is 3.76. The maximum Gasteiger partial charge on any atom is 0.326 e. The largest absolute Gasteiger partial charge is 0.508 e. The second kappa shape index (κ2) is 27.5. The first kappa shape index (κ1) is 55.4. The van der Waals surface area contributed by atoms with Gasteiger partial charge in [-0.25, -0.2) is 9.78 Å². The van der Waals surface area contributed by atoms with Gasteiger partial charge in [0.1, 0.15) is 42.0 Å². The van der Waals surface area contributed by atoms with Crippen LogP contribution in [-0.2, 0) is 60.8 Å². The molecule has 66 heavy (non-hydrogen) atoms. The maximum absolute atomic E-state index is 14.0. The molecule has 0 saturated heterocycles. The van der Waals surface area contributed by atoms with Gasteiger partial charge in [-0.2, -0.15) is 12.6 Å². The van der Waals surface area contributed by atoms with Crippen molar-refractivity contribution in [2.24, 2.45) is 29.0 Å². The van der Waals surface area contributed by atoms with E-state index in [1.54, 1.807) is 13.8 Å². The van der Waals surface area contributed by atoms with Crippen LogP contribution in [0.25, 0.3) is 0 Å². The highest BCUT2D eigenvalue weighted by atomic mass is 32.1. The van der Waals surface area contributed by atoms with Crippen LogP contribution in [0.3, 0.4) is 0 Å². The number of carboxylic acid groups (broad SMARTS) is 1. The van der Waals surface area contributed by atoms with Gasteiger partial charge in [-0.1, -0.05) is 39.8 Å². The number of carbonyl (C=O) groups is 10. The lowest BCUT2D eigenvalue weighted by Gasteiger charge is -2.27. The summed E-state index contributed by atoms with van der Waals surface area (Å²) in [6, 6.07) is -3.66. The van der Waals surface area contributed by atoms with Crippen molar-refractivity contribution < 1.29 is 58.2 Å². The van der Waals surface area contributed by atoms with E-state index in [2.05, 4.69) is 59.8 Å². The molecule has 16 N–H and O–H groups in total. The van der Waals surface area contributed by atoms with Gasteiger partial charge in [0, 0.05) is 43.3 Å². The van der Waals surface area contributed by atoms with Crippen LogP contribution in [0.5, 0.6) is 5.75 Å². The van der Waals surface area contributed by atoms with Crippen LogP contribution < -0.4 is 54.4 Å². The minimum Gasteiger partial charge on any atom is -0.508 e. The van der Waals surface area contributed by atoms with Crippen molar-refractivity contribution in [3.8, 4) is 5.75 Å². The van der Waals surface area contributed by atoms with Gasteiger partial charge in [-0.3, -0.25) is 43.2 Å². The van der Waals surface area contributed by atoms with Gasteiger partial charge in [0.15, 0.2) is 0 Å². The third kappa shape index (κ3) is 20.0. The summed E-state index contributed by atoms with van der Waals surface area (Å²) in [6.45, 7) is 5.93. The first-order valence-corrected chi connectivity index (χ1v) is 21.6. The van der Waals surface area contributed by atoms with Crippen LogP contribution in [0.2, 0.25) is 0 Å². The molecule has 0 bridgehead atoms. The number of phenolic OH excluding ortho intramolecular Hbond substituents is 1. The number of phenols is 1. The number of nitrogens with two attached hydrogens (primary N) is 3. The Morgan fingerprint density at radius 3 is 1.70 bits per heavy atom. The van der Waals surface area contributed by atoms with Crippen LogP contribution in [0.15, 0.2) is 36.8 Å². The third-order valence-electron chi connectivity index (χ3n) is 9.79. The number of H-pyrrole nitrogens is 1. The lowest BCUT2D eigenvalue weighted by atomic mass is 10.00. The van der Waals surface area contributed by atoms with Gasteiger partial charge in [0.05, 0.1) is 18.9 Å². The molecule has 364 valence electrons. The molecule has 0 aliphatic carbocycles. The van der Waals surface area contributed by atoms with E-state index in [0.29, 0.717) is 11.3 Å². The molecule has 0 unspecified atom stereocenters. The van der Waals surface area contributed by atoms with Gasteiger partial charge in [0.2, 0.25) is 53.2 Å². The number of benzene rings is 1. The van der Waals surface area contributed by atoms with E-state index in [1.807, 2.05) is 13.8 Å². The van der Waals surface area contributed by atoms with Crippen LogP contribution in [0, 0.1) is 11.8 Å². The Bertz CT molecular complexity index is 2000. The molecule has 24 nitrogen and oxygen atoms in total. The average molecular weight is 947 g/mol. The van der Waals surface area contributed by atoms with E-state index >= 15 is 0 Å². The quantitative estimate of drug-likeness (QED) is 0.0352. The van der Waals surface area contributed by atoms with Crippen molar-refractivity contribution in [2.45, 2.75) is 115 Å². The summed E-state index contributed by atoms with van der Waals surface area (Å²) in [7, 11) is 0. The molecule has 0 aliphatic heterocycles. The Morgan fingerprint density at radius 1 is 0.682 bits per heavy atom. The molecule has 0 aliphatic rings. The van der Waals surface area contributed by atoms with E-state index in [4.69, 9.17) is 17.2 Å². The van der Waals surface area contributed by atoms with Gasteiger partial charge < -0.3 is 69.6 Å². The highest BCUT2D eigenvalue weighted by molar-refractivity contribution is 7.80. The van der Waals surface area contributed by atoms with E-state index < -0.39 is 120 Å². The van der Waals surface area contributed by atoms with Gasteiger partial charge in [-0.05, 0) is 48.8 Å². The fraction of sp³-hybridized carbons (Fsp3) is 0.537. The number of aliphatic carboxylic acids is 1. The minimum absolute atomic E-state index is 0.0759. The SMILES string of the molecule is CC(C)C[C@H](NC(=O)[C@@H](N)Cc1cnc[nH]1)C(=O)N[C@@H](Cc1ccc(O)cc1)C(=O)N[C@@H](CCC(N)=O)C(=O)NCC(=O)N[C@@H](CS)C(=O)N[C@@H](CCC(N)=O)C(=O)N[C@H](C(=O)O)C(C)C. The number of carboxylic acids is 1. The summed E-state index contributed by atoms with van der Waals surface area (Å²) < 4.78 is 0. The number of aromatic hydroxyl groups is 1. The zero-order valence-corrected chi connectivity index (χ0v) is 38.0. The summed E-state index contributed by atoms with van der Waals surface area (Å²) in [5, 5.41) is 36.4. The molecule has 7 atom stereocenters. The monoisotopic (exact) mass is 946 g/mol. The van der Waals surface area contributed by atoms with Crippen molar-refractivity contribution in [3.63, 3.8) is 0 Å². The van der Waals surface area contributed by atoms with Gasteiger partial charge in [-0.15, -0.1) is 0 Å². The highest BCUT2D eigenvalue weighted by Gasteiger charge is 2.33. The van der Waals surface area contributed by atoms with Crippen LogP contribution in [0.4, 0.5) is 0 Å². The molecule has 1 heterocycles. The number of imidazole rings is 1. The summed E-state index contributed by atoms with van der Waals surface area (Å²) in [5.74, 6) is -10.2. The Kier molecular flexibility index (Phi) is 23.1. The fourth-order valence-electron chi connectivity index (χ4n) is 6.21. The molecule has 2 rings (SSSR count). The predicted octanol–water partition coefficient (Wildman–Crippen LogP) is -3.50. The number of aromatic nitrogens is 2. The van der Waals surface area contributed by atoms with Gasteiger partial charge >= 0.3 is 5.97 Å². The predicted molar refractivity (Wildman–Crippen MR) is 239 cm³/mol. The molecule has 0 spiro atoms. The molecule has 1 aromatic carbocycles. The molecule has 2 aromatic rings. The summed E-state index contributed by atoms with van der Waals surface area (Å²) >= 11 is 4.10. The molecule has 9 amide bonds. The number of amides is 9. The van der Waals surface area contributed by atoms with E-state index in [0.717, 1.165) is 0 Å². The highest BCUT2D eigenvalue weighted by Crippen LogP contribution is 2.14. The van der Waals surface area contributed by atoms with Crippen molar-refractivity contribution in [3.05, 3.63) is 48.0 Å². The summed E-state index contributed by atoms with van der Waals surface area (Å²) in [4.78, 5) is 136. The number of hydrogen-bond donors (Lipinski definition) is 14. The molecule has 25 heteroatoms. The Morgan fingerprint density at radius 2 is 1.20 bits per heavy atom. The molecule has 0 radical (unpaired) electrons. The second-order valence-electron chi connectivity index (χ2n) is 16.2. The van der Waals surface area contributed by atoms with E-state index in [1.165, 1.54) is 36.8 Å². The molecule has 0 fully saturated rings. The smallest absolute Gasteiger partial charge is 0.326 e. The zero-order valence-electron chi connectivity index (χ0n) is 37.1. The molecule has 1 aromatic heterocycles. The summed E-state index contributed by atoms with van der Waals surface area (Å²) in [6.07, 6.45) is 1.54. The fourth-order valence-corrected chi connectivity index (χ4v) is 6.47. The second-order valence-corrected chi connectivity index (χ2v) is 16.6. The lowest BCUT2D eigenvalue weighted by molar-refractivity contribution is -0.143. The third-order valence-corrected chi connectivity index (χ3v) is 10.2. The number of aromatic amines is 1. The maximum atomic E-state index is 14.0. The van der Waals surface area contributed by atoms with Crippen LogP contribution in [0.1, 0.15) is 71.1 Å². The van der Waals surface area contributed by atoms with E-state index in [9.17, 15) is 58.2 Å². The Labute approximate surface area is 386 Å². The Hall–Kier alpha value is -6.76. The topological polar surface area (TPSA) is 402 Å². The minimum atomic E-state index is -1.52. The number of nitrogens with zero attached hydrogens (tertiary/aromatic N) is 1. The van der Waals surface area contributed by atoms with Crippen LogP contribution >= 0.6 is 12.6 Å². The number of carbonyl (C=O) groups excluding carboxylic acids is 9. The number of primary amides is 2. The summed E-state index contributed by atoms with van der Waals surface area (Å²) in [5.41, 5.74) is 17.7. The molecular weight excluding hydrogens is 885 g/mol. The zero-order chi connectivity index (χ0) is 49.7. The first-order chi connectivity index (χ1) is 31.0. The Balaban J connectivity index is 2.25. The number of nitrogens with one attached hydrogen (secondary N) is 8. The standard InChI is InChI=1S/C41H62N12O12S/c1-20(2)13-28(51-35(58)25(42)15-23-16-45-19-47-23)38(61)52-29(14-22-5-7-24(54)8-6-22)39(62)49-26(9-11-31(43)55)36(59)46-17-33(57)48-30(18-66)40(63)50-27(10-12-32(44)56)37(60)53-34(21(3)4)41(64)65/h5-8,16,19-21,25-30,34,54,66H,9-15,17-18,42H2,1-4H3,(H2,43,55)(H2,44,56)(H,45,47)(H,46,59)(H,48,57)(H,49,62)(H,50,63)(H,51,58)(H,52,61)(H,53,60)(H,64,65)/t25-,26-,27-,28-,29-,30-,34-/m0/s1. The van der Waals surface area contributed by atoms with Gasteiger partial charge in [0.25, 0.3) is 0 Å². The number of rotatable bonds is 29. The van der Waals surface area contributed by atoms with Crippen molar-refractivity contribution >= 4 is 71.8 Å². The molecular formula is C41H62N12O12S. The number of thiol groups is 1. The van der Waals surface area contributed by atoms with Crippen LogP contribution in [-0.4, -0.2) is 134 Å². The van der Waals surface area contributed by atoms with Crippen molar-refractivity contribution in [1.29, 1.82) is 0 Å². The van der Waals surface area contributed by atoms with E-state index in [-0.39, 0.29) is 55.9 Å². The normalized spacial score (nSPS) is 14.2. The van der Waals surface area contributed by atoms with Crippen molar-refractivity contribution in [1.82, 2.24) is 47.2 Å². The lowest BCUT2D eigenvalue weighted by Crippen LogP contribution is -2.59. The first-order valence-electron chi connectivity index (χ1n) is 21.0. The van der Waals surface area contributed by atoms with Crippen molar-refractivity contribution in [2.75, 3.05) is 12.3 Å². The number of hydrogen-bond acceptors (Lipinski definition) is 14.